The smallest absolute Gasteiger partial charge is 0.332 e. The fraction of sp³-hybridized carbons (Fsp3) is 0.875. The van der Waals surface area contributed by atoms with Crippen LogP contribution in [0.1, 0.15) is 13.8 Å². The van der Waals surface area contributed by atoms with Gasteiger partial charge in [0.05, 0.1) is 0 Å². The van der Waals surface area contributed by atoms with Gasteiger partial charge in [-0.1, -0.05) is 0 Å². The Morgan fingerprint density at radius 1 is 1.29 bits per heavy atom. The van der Waals surface area contributed by atoms with Gasteiger partial charge in [-0.15, -0.1) is 0 Å². The van der Waals surface area contributed by atoms with Crippen LogP contribution >= 0.6 is 0 Å². The maximum absolute atomic E-state index is 12.1. The van der Waals surface area contributed by atoms with Crippen molar-refractivity contribution in [3.8, 4) is 0 Å². The van der Waals surface area contributed by atoms with E-state index in [1.807, 2.05) is 0 Å². The van der Waals surface area contributed by atoms with Crippen LogP contribution in [-0.2, 0) is 4.79 Å². The van der Waals surface area contributed by atoms with Crippen LogP contribution in [0.25, 0.3) is 0 Å². The number of carbonyl (C=O) groups is 1. The molecule has 1 heterocycles. The molecule has 0 saturated carbocycles. The fourth-order valence-electron chi connectivity index (χ4n) is 1.67. The first-order valence-electron chi connectivity index (χ1n) is 4.43. The van der Waals surface area contributed by atoms with Gasteiger partial charge in [0.2, 0.25) is 0 Å². The van der Waals surface area contributed by atoms with Crippen LogP contribution < -0.4 is 5.32 Å². The molecular weight excluding hydrogens is 197 g/mol. The summed E-state index contributed by atoms with van der Waals surface area (Å²) in [5.41, 5.74) is 0. The summed E-state index contributed by atoms with van der Waals surface area (Å²) in [6.07, 6.45) is -4.75. The standard InChI is InChI=1S/C8H13F3N2O/c1-5-3-13(4-6(2)12-5)7(14)8(9,10)11/h5-6,12H,3-4H2,1-2H3/t5-,6-/m0/s1. The highest BCUT2D eigenvalue weighted by Crippen LogP contribution is 2.20. The number of carbonyl (C=O) groups excluding carboxylic acids is 1. The second-order valence-corrected chi connectivity index (χ2v) is 3.68. The average Bonchev–Trinajstić information content (AvgIpc) is 1.99. The largest absolute Gasteiger partial charge is 0.471 e. The molecule has 0 spiro atoms. The second kappa shape index (κ2) is 3.76. The van der Waals surface area contributed by atoms with Gasteiger partial charge in [-0.05, 0) is 13.8 Å². The molecule has 0 bridgehead atoms. The molecule has 1 aliphatic heterocycles. The molecule has 0 aromatic rings. The van der Waals surface area contributed by atoms with Gasteiger partial charge in [0.15, 0.2) is 0 Å². The molecule has 0 aromatic carbocycles. The van der Waals surface area contributed by atoms with Crippen molar-refractivity contribution in [1.82, 2.24) is 10.2 Å². The number of rotatable bonds is 0. The third kappa shape index (κ3) is 2.60. The van der Waals surface area contributed by atoms with E-state index < -0.39 is 12.1 Å². The highest BCUT2D eigenvalue weighted by atomic mass is 19.4. The lowest BCUT2D eigenvalue weighted by Gasteiger charge is -2.36. The first-order chi connectivity index (χ1) is 6.30. The maximum Gasteiger partial charge on any atom is 0.471 e. The Hall–Kier alpha value is -0.780. The van der Waals surface area contributed by atoms with Crippen molar-refractivity contribution in [3.63, 3.8) is 0 Å². The lowest BCUT2D eigenvalue weighted by Crippen LogP contribution is -2.58. The molecule has 1 fully saturated rings. The van der Waals surface area contributed by atoms with Gasteiger partial charge in [-0.3, -0.25) is 4.79 Å². The van der Waals surface area contributed by atoms with Crippen LogP contribution in [0.3, 0.4) is 0 Å². The number of hydrogen-bond donors (Lipinski definition) is 1. The second-order valence-electron chi connectivity index (χ2n) is 3.68. The number of alkyl halides is 3. The molecule has 2 atom stereocenters. The summed E-state index contributed by atoms with van der Waals surface area (Å²) >= 11 is 0. The van der Waals surface area contributed by atoms with Crippen molar-refractivity contribution in [1.29, 1.82) is 0 Å². The molecule has 0 unspecified atom stereocenters. The Morgan fingerprint density at radius 3 is 2.07 bits per heavy atom. The summed E-state index contributed by atoms with van der Waals surface area (Å²) in [5.74, 6) is -1.74. The van der Waals surface area contributed by atoms with E-state index in [0.29, 0.717) is 0 Å². The highest BCUT2D eigenvalue weighted by molar-refractivity contribution is 5.82. The van der Waals surface area contributed by atoms with Gasteiger partial charge in [0.1, 0.15) is 0 Å². The van der Waals surface area contributed by atoms with Gasteiger partial charge in [0, 0.05) is 25.2 Å². The normalized spacial score (nSPS) is 29.1. The SMILES string of the molecule is C[C@H]1CN(C(=O)C(F)(F)F)C[C@H](C)N1. The molecule has 1 amide bonds. The molecule has 82 valence electrons. The topological polar surface area (TPSA) is 32.3 Å². The van der Waals surface area contributed by atoms with Crippen LogP contribution in [0.15, 0.2) is 0 Å². The third-order valence-electron chi connectivity index (χ3n) is 2.09. The molecule has 0 aliphatic carbocycles. The van der Waals surface area contributed by atoms with E-state index in [4.69, 9.17) is 0 Å². The minimum absolute atomic E-state index is 0.0925. The minimum atomic E-state index is -4.75. The van der Waals surface area contributed by atoms with E-state index in [1.54, 1.807) is 13.8 Å². The van der Waals surface area contributed by atoms with Gasteiger partial charge >= 0.3 is 12.1 Å². The van der Waals surface area contributed by atoms with Crippen LogP contribution in [0.5, 0.6) is 0 Å². The van der Waals surface area contributed by atoms with Gasteiger partial charge < -0.3 is 10.2 Å². The van der Waals surface area contributed by atoms with Crippen LogP contribution in [0, 0.1) is 0 Å². The van der Waals surface area contributed by atoms with Crippen LogP contribution in [0.4, 0.5) is 13.2 Å². The summed E-state index contributed by atoms with van der Waals surface area (Å²) in [6.45, 7) is 3.74. The molecule has 14 heavy (non-hydrogen) atoms. The van der Waals surface area contributed by atoms with Crippen molar-refractivity contribution in [2.24, 2.45) is 0 Å². The molecule has 1 rings (SSSR count). The van der Waals surface area contributed by atoms with E-state index in [1.165, 1.54) is 0 Å². The van der Waals surface area contributed by atoms with E-state index in [2.05, 4.69) is 5.32 Å². The van der Waals surface area contributed by atoms with Crippen molar-refractivity contribution in [2.45, 2.75) is 32.1 Å². The number of halogens is 3. The average molecular weight is 210 g/mol. The summed E-state index contributed by atoms with van der Waals surface area (Å²) in [7, 11) is 0. The van der Waals surface area contributed by atoms with Gasteiger partial charge in [-0.2, -0.15) is 13.2 Å². The predicted octanol–water partition coefficient (Wildman–Crippen LogP) is 0.758. The van der Waals surface area contributed by atoms with Crippen molar-refractivity contribution < 1.29 is 18.0 Å². The zero-order valence-corrected chi connectivity index (χ0v) is 8.06. The first-order valence-corrected chi connectivity index (χ1v) is 4.43. The van der Waals surface area contributed by atoms with Crippen molar-refractivity contribution in [2.75, 3.05) is 13.1 Å². The molecule has 3 nitrogen and oxygen atoms in total. The molecule has 1 saturated heterocycles. The summed E-state index contributed by atoms with van der Waals surface area (Å²) in [4.78, 5) is 11.7. The summed E-state index contributed by atoms with van der Waals surface area (Å²) in [5, 5.41) is 3.05. The first kappa shape index (κ1) is 11.3. The zero-order valence-electron chi connectivity index (χ0n) is 8.06. The lowest BCUT2D eigenvalue weighted by atomic mass is 10.1. The van der Waals surface area contributed by atoms with E-state index >= 15 is 0 Å². The highest BCUT2D eigenvalue weighted by Gasteiger charge is 2.43. The monoisotopic (exact) mass is 210 g/mol. The maximum atomic E-state index is 12.1. The number of nitrogens with zero attached hydrogens (tertiary/aromatic N) is 1. The number of piperazine rings is 1. The van der Waals surface area contributed by atoms with E-state index in [0.717, 1.165) is 4.90 Å². The molecule has 0 radical (unpaired) electrons. The van der Waals surface area contributed by atoms with Crippen LogP contribution in [0.2, 0.25) is 0 Å². The van der Waals surface area contributed by atoms with Gasteiger partial charge in [0.25, 0.3) is 0 Å². The summed E-state index contributed by atoms with van der Waals surface area (Å²) in [6, 6.07) is -0.185. The Balaban J connectivity index is 2.64. The van der Waals surface area contributed by atoms with Crippen molar-refractivity contribution in [3.05, 3.63) is 0 Å². The predicted molar refractivity (Wildman–Crippen MR) is 44.7 cm³/mol. The Bertz CT molecular complexity index is 219. The third-order valence-corrected chi connectivity index (χ3v) is 2.09. The van der Waals surface area contributed by atoms with E-state index in [9.17, 15) is 18.0 Å². The molecule has 1 N–H and O–H groups in total. The Labute approximate surface area is 80.3 Å². The molecule has 0 aromatic heterocycles. The Morgan fingerprint density at radius 2 is 1.71 bits per heavy atom. The molecule has 1 aliphatic rings. The molecule has 6 heteroatoms. The lowest BCUT2D eigenvalue weighted by molar-refractivity contribution is -0.187. The van der Waals surface area contributed by atoms with Crippen molar-refractivity contribution >= 4 is 5.91 Å². The number of nitrogens with one attached hydrogen (secondary N) is 1. The Kier molecular flexibility index (Phi) is 3.04. The summed E-state index contributed by atoms with van der Waals surface area (Å²) < 4.78 is 36.2. The quantitative estimate of drug-likeness (QED) is 0.640. The fourth-order valence-corrected chi connectivity index (χ4v) is 1.67. The number of hydrogen-bond acceptors (Lipinski definition) is 2. The van der Waals surface area contributed by atoms with Gasteiger partial charge in [-0.25, -0.2) is 0 Å². The molecular formula is C8H13F3N2O. The number of amides is 1. The van der Waals surface area contributed by atoms with Crippen LogP contribution in [-0.4, -0.2) is 42.2 Å². The zero-order chi connectivity index (χ0) is 10.9. The van der Waals surface area contributed by atoms with E-state index in [-0.39, 0.29) is 25.2 Å². The minimum Gasteiger partial charge on any atom is -0.332 e.